The van der Waals surface area contributed by atoms with Gasteiger partial charge in [-0.25, -0.2) is 0 Å². The average Bonchev–Trinajstić information content (AvgIpc) is 2.30. The van der Waals surface area contributed by atoms with Crippen LogP contribution in [0.15, 0.2) is 29.3 Å². The van der Waals surface area contributed by atoms with Crippen molar-refractivity contribution >= 4 is 18.2 Å². The van der Waals surface area contributed by atoms with Crippen LogP contribution in [0.2, 0.25) is 0 Å². The first-order valence-corrected chi connectivity index (χ1v) is 5.50. The number of carbonyl (C=O) groups is 2. The van der Waals surface area contributed by atoms with Crippen molar-refractivity contribution < 1.29 is 19.4 Å². The molecule has 0 saturated heterocycles. The Morgan fingerprint density at radius 3 is 2.72 bits per heavy atom. The van der Waals surface area contributed by atoms with Crippen molar-refractivity contribution in [2.45, 2.75) is 13.8 Å². The van der Waals surface area contributed by atoms with Crippen LogP contribution in [-0.4, -0.2) is 29.8 Å². The van der Waals surface area contributed by atoms with Gasteiger partial charge < -0.3 is 9.84 Å². The van der Waals surface area contributed by atoms with Gasteiger partial charge in [0.15, 0.2) is 0 Å². The third kappa shape index (κ3) is 4.37. The van der Waals surface area contributed by atoms with E-state index in [0.29, 0.717) is 11.3 Å². The number of aliphatic carboxylic acids is 1. The second-order valence-corrected chi connectivity index (χ2v) is 3.87. The van der Waals surface area contributed by atoms with Gasteiger partial charge in [-0.1, -0.05) is 19.1 Å². The Morgan fingerprint density at radius 2 is 2.11 bits per heavy atom. The Labute approximate surface area is 105 Å². The normalized spacial score (nSPS) is 12.3. The number of hydrogen-bond donors (Lipinski definition) is 1. The fraction of sp³-hybridized carbons (Fsp3) is 0.308. The van der Waals surface area contributed by atoms with E-state index in [9.17, 15) is 9.59 Å². The SMILES string of the molecule is CC(=O)Oc1ccccc1C=NCC(C)C(=O)O. The van der Waals surface area contributed by atoms with E-state index in [2.05, 4.69) is 4.99 Å². The number of carbonyl (C=O) groups excluding carboxylic acids is 1. The molecule has 5 heteroatoms. The molecule has 0 fully saturated rings. The van der Waals surface area contributed by atoms with Crippen LogP contribution in [0, 0.1) is 5.92 Å². The zero-order valence-electron chi connectivity index (χ0n) is 10.3. The van der Waals surface area contributed by atoms with Crippen LogP contribution in [0.25, 0.3) is 0 Å². The van der Waals surface area contributed by atoms with Gasteiger partial charge in [0.2, 0.25) is 0 Å². The third-order valence-electron chi connectivity index (χ3n) is 2.20. The maximum atomic E-state index is 10.9. The Morgan fingerprint density at radius 1 is 1.44 bits per heavy atom. The lowest BCUT2D eigenvalue weighted by Crippen LogP contribution is -2.12. The molecule has 1 rings (SSSR count). The molecule has 0 aromatic heterocycles. The van der Waals surface area contributed by atoms with Gasteiger partial charge in [0.05, 0.1) is 12.5 Å². The minimum atomic E-state index is -0.888. The highest BCUT2D eigenvalue weighted by molar-refractivity contribution is 5.85. The molecule has 96 valence electrons. The van der Waals surface area contributed by atoms with E-state index in [-0.39, 0.29) is 6.54 Å². The number of para-hydroxylation sites is 1. The van der Waals surface area contributed by atoms with E-state index in [0.717, 1.165) is 0 Å². The Hall–Kier alpha value is -2.17. The van der Waals surface area contributed by atoms with Crippen molar-refractivity contribution in [1.82, 2.24) is 0 Å². The number of esters is 1. The topological polar surface area (TPSA) is 76.0 Å². The predicted octanol–water partition coefficient (Wildman–Crippen LogP) is 1.75. The summed E-state index contributed by atoms with van der Waals surface area (Å²) in [5.74, 6) is -1.42. The van der Waals surface area contributed by atoms with Gasteiger partial charge in [0.25, 0.3) is 0 Å². The Bertz CT molecular complexity index is 468. The van der Waals surface area contributed by atoms with Crippen LogP contribution < -0.4 is 4.74 Å². The van der Waals surface area contributed by atoms with Crippen molar-refractivity contribution in [3.63, 3.8) is 0 Å². The van der Waals surface area contributed by atoms with E-state index in [4.69, 9.17) is 9.84 Å². The van der Waals surface area contributed by atoms with Crippen LogP contribution in [0.3, 0.4) is 0 Å². The van der Waals surface area contributed by atoms with Gasteiger partial charge in [-0.05, 0) is 12.1 Å². The Kier molecular flexibility index (Phi) is 5.05. The van der Waals surface area contributed by atoms with E-state index in [1.165, 1.54) is 13.1 Å². The molecule has 0 bridgehead atoms. The van der Waals surface area contributed by atoms with Crippen molar-refractivity contribution in [3.8, 4) is 5.75 Å². The molecule has 1 unspecified atom stereocenters. The summed E-state index contributed by atoms with van der Waals surface area (Å²) < 4.78 is 5.00. The number of rotatable bonds is 5. The zero-order chi connectivity index (χ0) is 13.5. The smallest absolute Gasteiger partial charge is 0.308 e. The number of aliphatic imine (C=N–C) groups is 1. The minimum Gasteiger partial charge on any atom is -0.481 e. The summed E-state index contributed by atoms with van der Waals surface area (Å²) in [6, 6.07) is 6.93. The van der Waals surface area contributed by atoms with Gasteiger partial charge in [-0.3, -0.25) is 14.6 Å². The molecule has 1 aromatic carbocycles. The molecule has 5 nitrogen and oxygen atoms in total. The summed E-state index contributed by atoms with van der Waals surface area (Å²) in [6.07, 6.45) is 1.51. The quantitative estimate of drug-likeness (QED) is 0.490. The largest absolute Gasteiger partial charge is 0.481 e. The highest BCUT2D eigenvalue weighted by atomic mass is 16.5. The maximum Gasteiger partial charge on any atom is 0.308 e. The lowest BCUT2D eigenvalue weighted by molar-refractivity contribution is -0.140. The number of carboxylic acids is 1. The molecule has 1 aromatic rings. The first-order chi connectivity index (χ1) is 8.50. The first-order valence-electron chi connectivity index (χ1n) is 5.50. The summed E-state index contributed by atoms with van der Waals surface area (Å²) in [7, 11) is 0. The van der Waals surface area contributed by atoms with Crippen LogP contribution in [0.1, 0.15) is 19.4 Å². The van der Waals surface area contributed by atoms with E-state index >= 15 is 0 Å². The Balaban J connectivity index is 2.74. The summed E-state index contributed by atoms with van der Waals surface area (Å²) >= 11 is 0. The molecule has 1 N–H and O–H groups in total. The number of benzene rings is 1. The monoisotopic (exact) mass is 249 g/mol. The summed E-state index contributed by atoms with van der Waals surface area (Å²) in [4.78, 5) is 25.5. The maximum absolute atomic E-state index is 10.9. The number of nitrogens with zero attached hydrogens (tertiary/aromatic N) is 1. The van der Waals surface area contributed by atoms with Gasteiger partial charge in [-0.2, -0.15) is 0 Å². The van der Waals surface area contributed by atoms with Gasteiger partial charge in [0.1, 0.15) is 5.75 Å². The van der Waals surface area contributed by atoms with Gasteiger partial charge in [0, 0.05) is 18.7 Å². The second-order valence-electron chi connectivity index (χ2n) is 3.87. The average molecular weight is 249 g/mol. The molecular formula is C13H15NO4. The van der Waals surface area contributed by atoms with E-state index in [1.807, 2.05) is 0 Å². The third-order valence-corrected chi connectivity index (χ3v) is 2.20. The summed E-state index contributed by atoms with van der Waals surface area (Å²) in [5.41, 5.74) is 0.644. The van der Waals surface area contributed by atoms with E-state index in [1.54, 1.807) is 31.2 Å². The molecule has 0 aliphatic heterocycles. The second kappa shape index (κ2) is 6.54. The molecule has 0 aliphatic carbocycles. The number of hydrogen-bond acceptors (Lipinski definition) is 4. The van der Waals surface area contributed by atoms with Gasteiger partial charge in [-0.15, -0.1) is 0 Å². The lowest BCUT2D eigenvalue weighted by Gasteiger charge is -2.05. The van der Waals surface area contributed by atoms with Crippen molar-refractivity contribution in [2.75, 3.05) is 6.54 Å². The first kappa shape index (κ1) is 13.9. The molecule has 0 saturated carbocycles. The molecule has 0 amide bonds. The van der Waals surface area contributed by atoms with Crippen LogP contribution >= 0.6 is 0 Å². The fourth-order valence-corrected chi connectivity index (χ4v) is 1.22. The highest BCUT2D eigenvalue weighted by Crippen LogP contribution is 2.16. The van der Waals surface area contributed by atoms with Crippen molar-refractivity contribution in [2.24, 2.45) is 10.9 Å². The summed E-state index contributed by atoms with van der Waals surface area (Å²) in [6.45, 7) is 3.09. The molecule has 18 heavy (non-hydrogen) atoms. The standard InChI is InChI=1S/C13H15NO4/c1-9(13(16)17)7-14-8-11-5-3-4-6-12(11)18-10(2)15/h3-6,8-9H,7H2,1-2H3,(H,16,17). The van der Waals surface area contributed by atoms with E-state index < -0.39 is 17.9 Å². The van der Waals surface area contributed by atoms with Gasteiger partial charge >= 0.3 is 11.9 Å². The van der Waals surface area contributed by atoms with Crippen molar-refractivity contribution in [3.05, 3.63) is 29.8 Å². The highest BCUT2D eigenvalue weighted by Gasteiger charge is 2.09. The predicted molar refractivity (Wildman–Crippen MR) is 67.0 cm³/mol. The minimum absolute atomic E-state index is 0.184. The molecule has 0 heterocycles. The van der Waals surface area contributed by atoms with Crippen molar-refractivity contribution in [1.29, 1.82) is 0 Å². The van der Waals surface area contributed by atoms with Crippen LogP contribution in [0.5, 0.6) is 5.75 Å². The molecular weight excluding hydrogens is 234 g/mol. The lowest BCUT2D eigenvalue weighted by atomic mass is 10.2. The molecule has 0 radical (unpaired) electrons. The molecule has 0 spiro atoms. The van der Waals surface area contributed by atoms with Crippen LogP contribution in [0.4, 0.5) is 0 Å². The van der Waals surface area contributed by atoms with Crippen LogP contribution in [-0.2, 0) is 9.59 Å². The fourth-order valence-electron chi connectivity index (χ4n) is 1.22. The molecule has 0 aliphatic rings. The number of ether oxygens (including phenoxy) is 1. The number of carboxylic acid groups (broad SMARTS) is 1. The zero-order valence-corrected chi connectivity index (χ0v) is 10.3. The molecule has 1 atom stereocenters. The summed E-state index contributed by atoms with van der Waals surface area (Å²) in [5, 5.41) is 8.71.